The summed E-state index contributed by atoms with van der Waals surface area (Å²) in [5.74, 6) is -0.706. The van der Waals surface area contributed by atoms with Crippen LogP contribution in [-0.2, 0) is 39.8 Å². The molecule has 258 valence electrons. The van der Waals surface area contributed by atoms with Crippen molar-refractivity contribution in [2.24, 2.45) is 0 Å². The highest BCUT2D eigenvalue weighted by atomic mass is 16.6. The molecule has 49 heavy (non-hydrogen) atoms. The van der Waals surface area contributed by atoms with E-state index >= 15 is 0 Å². The van der Waals surface area contributed by atoms with Gasteiger partial charge in [0.1, 0.15) is 30.5 Å². The number of rotatable bonds is 19. The molecular weight excluding hydrogens is 632 g/mol. The van der Waals surface area contributed by atoms with Gasteiger partial charge in [-0.25, -0.2) is 14.4 Å². The van der Waals surface area contributed by atoms with Crippen LogP contribution in [-0.4, -0.2) is 69.1 Å². The number of benzene rings is 3. The van der Waals surface area contributed by atoms with Crippen molar-refractivity contribution in [2.75, 3.05) is 40.1 Å². The fourth-order valence-electron chi connectivity index (χ4n) is 4.18. The van der Waals surface area contributed by atoms with E-state index in [0.717, 1.165) is 22.3 Å². The number of esters is 4. The molecule has 0 unspecified atom stereocenters. The fourth-order valence-corrected chi connectivity index (χ4v) is 4.18. The lowest BCUT2D eigenvalue weighted by atomic mass is 10.1. The van der Waals surface area contributed by atoms with Crippen LogP contribution in [0, 0.1) is 0 Å². The monoisotopic (exact) mass is 672 g/mol. The minimum Gasteiger partial charge on any atom is -0.493 e. The van der Waals surface area contributed by atoms with Crippen LogP contribution in [0.2, 0.25) is 0 Å². The quantitative estimate of drug-likeness (QED) is 0.0572. The van der Waals surface area contributed by atoms with E-state index in [1.807, 2.05) is 49.4 Å². The predicted octanol–water partition coefficient (Wildman–Crippen LogP) is 5.44. The first-order valence-corrected chi connectivity index (χ1v) is 15.5. The Hall–Kier alpha value is -5.68. The molecule has 0 saturated heterocycles. The van der Waals surface area contributed by atoms with E-state index in [2.05, 4.69) is 17.9 Å². The van der Waals surface area contributed by atoms with E-state index in [1.165, 1.54) is 13.2 Å². The Morgan fingerprint density at radius 1 is 0.755 bits per heavy atom. The normalized spacial score (nSPS) is 10.6. The van der Waals surface area contributed by atoms with Crippen LogP contribution in [0.5, 0.6) is 17.2 Å². The fraction of sp³-hybridized carbons (Fsp3) is 0.263. The van der Waals surface area contributed by atoms with Crippen LogP contribution in [0.15, 0.2) is 97.1 Å². The minimum atomic E-state index is -0.668. The summed E-state index contributed by atoms with van der Waals surface area (Å²) in [6.45, 7) is 9.06. The number of hydrogen-bond acceptors (Lipinski definition) is 11. The van der Waals surface area contributed by atoms with Gasteiger partial charge in [-0.05, 0) is 71.1 Å². The van der Waals surface area contributed by atoms with Crippen molar-refractivity contribution in [1.82, 2.24) is 0 Å². The lowest BCUT2D eigenvalue weighted by Gasteiger charge is -2.12. The van der Waals surface area contributed by atoms with Gasteiger partial charge >= 0.3 is 23.9 Å². The van der Waals surface area contributed by atoms with E-state index in [-0.39, 0.29) is 37.4 Å². The average Bonchev–Trinajstić information content (AvgIpc) is 3.12. The first-order valence-electron chi connectivity index (χ1n) is 15.5. The lowest BCUT2D eigenvalue weighted by Crippen LogP contribution is -2.15. The Morgan fingerprint density at radius 3 is 2.02 bits per heavy atom. The van der Waals surface area contributed by atoms with Crippen molar-refractivity contribution in [3.63, 3.8) is 0 Å². The molecule has 11 heteroatoms. The SMILES string of the molecule is C=C(CO)C(=O)OCCOc1ccc(/C=C/C(=O)Oc2ccc(-c3ccc(OCCCOC(=O)C(=C)CC(=O)OC)cc3)cc2)cc1CC. The van der Waals surface area contributed by atoms with Crippen molar-refractivity contribution >= 4 is 30.0 Å². The first-order chi connectivity index (χ1) is 23.6. The molecule has 1 N–H and O–H groups in total. The van der Waals surface area contributed by atoms with Gasteiger partial charge in [0.2, 0.25) is 0 Å². The third-order valence-corrected chi connectivity index (χ3v) is 6.86. The maximum atomic E-state index is 12.5. The first kappa shape index (κ1) is 37.8. The van der Waals surface area contributed by atoms with E-state index < -0.39 is 30.5 Å². The highest BCUT2D eigenvalue weighted by Gasteiger charge is 2.13. The number of aliphatic hydroxyl groups excluding tert-OH is 1. The van der Waals surface area contributed by atoms with E-state index in [4.69, 9.17) is 28.8 Å². The molecule has 0 aliphatic heterocycles. The molecule has 0 aromatic heterocycles. The molecule has 0 aliphatic rings. The standard InChI is InChI=1S/C38H40O11/c1-5-29-24-28(7-17-34(29)46-21-22-48-38(43)27(3)25-39)8-18-35(40)49-33-15-11-31(12-16-33)30-9-13-32(14-10-30)45-19-6-20-47-37(42)26(2)23-36(41)44-4/h7-18,24,39H,2-3,5-6,19-23,25H2,1,4H3/b18-8+. The molecule has 0 heterocycles. The van der Waals surface area contributed by atoms with Crippen molar-refractivity contribution in [3.8, 4) is 28.4 Å². The number of carbonyl (C=O) groups is 4. The van der Waals surface area contributed by atoms with E-state index in [1.54, 1.807) is 30.3 Å². The number of aliphatic hydroxyl groups is 1. The highest BCUT2D eigenvalue weighted by molar-refractivity contribution is 5.93. The van der Waals surface area contributed by atoms with Crippen molar-refractivity contribution in [3.05, 3.63) is 108 Å². The van der Waals surface area contributed by atoms with Crippen LogP contribution >= 0.6 is 0 Å². The number of carbonyl (C=O) groups excluding carboxylic acids is 4. The van der Waals surface area contributed by atoms with Gasteiger partial charge in [0.15, 0.2) is 0 Å². The van der Waals surface area contributed by atoms with Crippen molar-refractivity contribution < 1.29 is 52.7 Å². The van der Waals surface area contributed by atoms with Crippen LogP contribution in [0.4, 0.5) is 0 Å². The molecule has 0 saturated carbocycles. The second-order valence-electron chi connectivity index (χ2n) is 10.5. The number of ether oxygens (including phenoxy) is 6. The largest absolute Gasteiger partial charge is 0.493 e. The Bertz CT molecular complexity index is 1640. The molecule has 0 atom stereocenters. The average molecular weight is 673 g/mol. The molecule has 3 aromatic rings. The van der Waals surface area contributed by atoms with Crippen LogP contribution < -0.4 is 14.2 Å². The summed E-state index contributed by atoms with van der Waals surface area (Å²) in [5, 5.41) is 8.92. The van der Waals surface area contributed by atoms with Gasteiger partial charge in [-0.3, -0.25) is 4.79 Å². The zero-order valence-electron chi connectivity index (χ0n) is 27.6. The molecule has 0 aliphatic carbocycles. The van der Waals surface area contributed by atoms with Gasteiger partial charge in [0.05, 0.1) is 38.9 Å². The molecule has 0 bridgehead atoms. The molecular formula is C38H40O11. The Balaban J connectivity index is 1.42. The molecule has 3 rings (SSSR count). The minimum absolute atomic E-state index is 0.0145. The highest BCUT2D eigenvalue weighted by Crippen LogP contribution is 2.25. The van der Waals surface area contributed by atoms with Gasteiger partial charge < -0.3 is 33.5 Å². The van der Waals surface area contributed by atoms with Gasteiger partial charge in [0, 0.05) is 18.1 Å². The van der Waals surface area contributed by atoms with Crippen molar-refractivity contribution in [1.29, 1.82) is 0 Å². The zero-order chi connectivity index (χ0) is 35.6. The van der Waals surface area contributed by atoms with Gasteiger partial charge in [-0.1, -0.05) is 50.4 Å². The molecule has 0 spiro atoms. The summed E-state index contributed by atoms with van der Waals surface area (Å²) >= 11 is 0. The van der Waals surface area contributed by atoms with Crippen LogP contribution in [0.25, 0.3) is 17.2 Å². The van der Waals surface area contributed by atoms with Gasteiger partial charge in [0.25, 0.3) is 0 Å². The van der Waals surface area contributed by atoms with Crippen LogP contribution in [0.3, 0.4) is 0 Å². The number of methoxy groups -OCH3 is 1. The zero-order valence-corrected chi connectivity index (χ0v) is 27.6. The maximum Gasteiger partial charge on any atom is 0.336 e. The van der Waals surface area contributed by atoms with Gasteiger partial charge in [-0.2, -0.15) is 0 Å². The van der Waals surface area contributed by atoms with Crippen molar-refractivity contribution in [2.45, 2.75) is 26.2 Å². The predicted molar refractivity (Wildman–Crippen MR) is 182 cm³/mol. The molecule has 0 amide bonds. The molecule has 11 nitrogen and oxygen atoms in total. The Morgan fingerprint density at radius 2 is 1.39 bits per heavy atom. The van der Waals surface area contributed by atoms with Crippen LogP contribution in [0.1, 0.15) is 30.9 Å². The molecule has 0 fully saturated rings. The smallest absolute Gasteiger partial charge is 0.336 e. The Labute approximate surface area is 285 Å². The number of hydrogen-bond donors (Lipinski definition) is 1. The molecule has 3 aromatic carbocycles. The summed E-state index contributed by atoms with van der Waals surface area (Å²) in [6.07, 6.45) is 3.93. The third-order valence-electron chi connectivity index (χ3n) is 6.86. The summed E-state index contributed by atoms with van der Waals surface area (Å²) in [5.41, 5.74) is 3.58. The number of aryl methyl sites for hydroxylation is 1. The van der Waals surface area contributed by atoms with E-state index in [0.29, 0.717) is 36.7 Å². The summed E-state index contributed by atoms with van der Waals surface area (Å²) in [7, 11) is 1.23. The second kappa shape index (κ2) is 19.9. The molecule has 0 radical (unpaired) electrons. The lowest BCUT2D eigenvalue weighted by molar-refractivity contribution is -0.144. The van der Waals surface area contributed by atoms with Gasteiger partial charge in [-0.15, -0.1) is 0 Å². The summed E-state index contributed by atoms with van der Waals surface area (Å²) < 4.78 is 31.5. The third kappa shape index (κ3) is 12.8. The second-order valence-corrected chi connectivity index (χ2v) is 10.5. The topological polar surface area (TPSA) is 144 Å². The summed E-state index contributed by atoms with van der Waals surface area (Å²) in [6, 6.07) is 20.1. The maximum absolute atomic E-state index is 12.5. The Kier molecular flexibility index (Phi) is 15.3. The van der Waals surface area contributed by atoms with E-state index in [9.17, 15) is 19.2 Å². The summed E-state index contributed by atoms with van der Waals surface area (Å²) in [4.78, 5) is 47.1.